The number of unbranched alkanes of at least 4 members (excludes halogenated alkanes) is 1. The van der Waals surface area contributed by atoms with Crippen molar-refractivity contribution in [3.63, 3.8) is 0 Å². The van der Waals surface area contributed by atoms with E-state index in [9.17, 15) is 24.3 Å². The molecule has 3 aromatic heterocycles. The zero-order chi connectivity index (χ0) is 54.2. The lowest BCUT2D eigenvalue weighted by Crippen LogP contribution is -2.49. The van der Waals surface area contributed by atoms with Crippen LogP contribution >= 0.6 is 11.3 Å². The Morgan fingerprint density at radius 2 is 1.64 bits per heavy atom. The van der Waals surface area contributed by atoms with Gasteiger partial charge in [0.05, 0.1) is 34.0 Å². The Labute approximate surface area is 459 Å². The second-order valence-electron chi connectivity index (χ2n) is 22.6. The van der Waals surface area contributed by atoms with Gasteiger partial charge in [-0.1, -0.05) is 68.5 Å². The maximum Gasteiger partial charge on any atom is 0.355 e. The molecule has 4 aliphatic rings. The molecule has 406 valence electrons. The minimum Gasteiger partial charge on any atom is -0.493 e. The number of rotatable bonds is 15. The second kappa shape index (κ2) is 22.3. The number of para-hydroxylation sites is 1. The smallest absolute Gasteiger partial charge is 0.355 e. The maximum atomic E-state index is 13.8. The van der Waals surface area contributed by atoms with Gasteiger partial charge in [-0.2, -0.15) is 5.10 Å². The molecule has 7 aromatic rings. The number of piperazine rings is 1. The van der Waals surface area contributed by atoms with Crippen LogP contribution in [0.15, 0.2) is 84.9 Å². The van der Waals surface area contributed by atoms with Crippen LogP contribution in [0.3, 0.4) is 0 Å². The maximum absolute atomic E-state index is 13.8. The van der Waals surface area contributed by atoms with Crippen molar-refractivity contribution >= 4 is 72.8 Å². The molecule has 0 radical (unpaired) electrons. The number of carbonyl (C=O) groups is 4. The minimum atomic E-state index is -1.10. The molecule has 4 aromatic carbocycles. The summed E-state index contributed by atoms with van der Waals surface area (Å²) in [6.07, 6.45) is 5.87. The zero-order valence-corrected chi connectivity index (χ0v) is 46.3. The van der Waals surface area contributed by atoms with Gasteiger partial charge in [0, 0.05) is 81.5 Å². The quantitative estimate of drug-likeness (QED) is 0.0654. The Balaban J connectivity index is 0.667. The number of thiazole rings is 1. The molecule has 1 unspecified atom stereocenters. The van der Waals surface area contributed by atoms with Crippen molar-refractivity contribution in [1.82, 2.24) is 34.9 Å². The van der Waals surface area contributed by atoms with Crippen molar-refractivity contribution in [3.05, 3.63) is 124 Å². The van der Waals surface area contributed by atoms with Crippen LogP contribution in [0.25, 0.3) is 32.2 Å². The van der Waals surface area contributed by atoms with E-state index in [4.69, 9.17) is 14.8 Å². The molecule has 0 spiro atoms. The van der Waals surface area contributed by atoms with Crippen LogP contribution in [-0.2, 0) is 35.0 Å². The Morgan fingerprint density at radius 1 is 0.846 bits per heavy atom. The van der Waals surface area contributed by atoms with Gasteiger partial charge in [0.1, 0.15) is 11.6 Å². The average molecular weight is 1070 g/mol. The van der Waals surface area contributed by atoms with Gasteiger partial charge >= 0.3 is 5.97 Å². The number of carbonyl (C=O) groups excluding carboxylic acids is 3. The molecule has 0 saturated carbocycles. The number of carboxylic acid groups (broad SMARTS) is 1. The number of fused-ring (bicyclic) bond motifs is 3. The number of piperidine rings is 2. The molecule has 3 N–H and O–H groups in total. The van der Waals surface area contributed by atoms with Gasteiger partial charge in [0.2, 0.25) is 11.8 Å². The highest BCUT2D eigenvalue weighted by molar-refractivity contribution is 7.22. The highest BCUT2D eigenvalue weighted by atomic mass is 32.1. The zero-order valence-electron chi connectivity index (χ0n) is 45.4. The Hall–Kier alpha value is -7.21. The number of benzene rings is 4. The van der Waals surface area contributed by atoms with Gasteiger partial charge in [0.25, 0.3) is 5.91 Å². The van der Waals surface area contributed by atoms with E-state index in [0.29, 0.717) is 67.0 Å². The molecule has 3 amide bonds. The molecule has 0 aliphatic carbocycles. The Kier molecular flexibility index (Phi) is 15.1. The number of aryl methyl sites for hydroxylation is 1. The third kappa shape index (κ3) is 11.1. The number of pyridine rings is 1. The van der Waals surface area contributed by atoms with Crippen molar-refractivity contribution in [2.45, 2.75) is 90.5 Å². The topological polar surface area (TPSA) is 178 Å². The van der Waals surface area contributed by atoms with Gasteiger partial charge in [-0.25, -0.2) is 14.8 Å². The molecule has 3 fully saturated rings. The first kappa shape index (κ1) is 52.8. The fraction of sp³-hybridized carbons (Fsp3) is 0.426. The van der Waals surface area contributed by atoms with E-state index in [1.54, 1.807) is 0 Å². The van der Waals surface area contributed by atoms with Gasteiger partial charge in [-0.05, 0) is 153 Å². The van der Waals surface area contributed by atoms with Crippen LogP contribution in [0.4, 0.5) is 16.6 Å². The first-order valence-electron chi connectivity index (χ1n) is 27.7. The van der Waals surface area contributed by atoms with Crippen LogP contribution in [0.5, 0.6) is 5.75 Å². The molecule has 11 rings (SSSR count). The first-order chi connectivity index (χ1) is 37.6. The molecule has 16 nitrogen and oxygen atoms in total. The number of hydrogen-bond donors (Lipinski definition) is 3. The van der Waals surface area contributed by atoms with E-state index in [-0.39, 0.29) is 23.4 Å². The van der Waals surface area contributed by atoms with Crippen LogP contribution in [0.1, 0.15) is 114 Å². The summed E-state index contributed by atoms with van der Waals surface area (Å²) in [6.45, 7) is 18.3. The average Bonchev–Trinajstić information content (AvgIpc) is 4.16. The molecule has 3 saturated heterocycles. The molecular formula is C61H70N10O6S. The lowest BCUT2D eigenvalue weighted by Gasteiger charge is -2.39. The number of aromatic nitrogens is 4. The van der Waals surface area contributed by atoms with E-state index in [1.165, 1.54) is 29.9 Å². The molecular weight excluding hydrogens is 1000 g/mol. The molecule has 78 heavy (non-hydrogen) atoms. The normalized spacial score (nSPS) is 17.9. The van der Waals surface area contributed by atoms with Gasteiger partial charge < -0.3 is 24.5 Å². The fourth-order valence-corrected chi connectivity index (χ4v) is 12.9. The largest absolute Gasteiger partial charge is 0.493 e. The number of nitrogens with one attached hydrogen (secondary N) is 2. The lowest BCUT2D eigenvalue weighted by molar-refractivity contribution is -0.134. The Bertz CT molecular complexity index is 3390. The number of carboxylic acids is 1. The standard InChI is InChI=1S/C61H70N10O6S/c1-38-42(54-47(61(2,3)4)35-52(63-56(54)59(75)76)71-28-24-40-12-10-14-43(46(40)37-71)57(73)65-60-62-48-15-6-7-17-51(48)78-60)13-11-16-50(38)77-33-9-8-25-68-26-22-39(23-27-68)36-69-29-31-70(32-30-69)41-18-19-44-49(34-41)67(5)66-55(44)45-20-21-53(72)64-58(45)74/h6-7,10-19,34-35,39,45H,8-9,20-33,36-37H2,1-5H3,(H,75,76)(H,62,65,73)(H,64,72,74). The minimum absolute atomic E-state index is 0.00235. The molecule has 1 atom stereocenters. The summed E-state index contributed by atoms with van der Waals surface area (Å²) < 4.78 is 9.34. The number of imide groups is 1. The third-order valence-electron chi connectivity index (χ3n) is 16.4. The van der Waals surface area contributed by atoms with E-state index in [1.807, 2.05) is 79.3 Å². The van der Waals surface area contributed by atoms with Crippen molar-refractivity contribution in [3.8, 4) is 16.9 Å². The number of nitrogens with zero attached hydrogens (tertiary/aromatic N) is 8. The molecule has 7 heterocycles. The van der Waals surface area contributed by atoms with E-state index in [2.05, 4.69) is 80.3 Å². The van der Waals surface area contributed by atoms with Gasteiger partial charge in [0.15, 0.2) is 10.8 Å². The summed E-state index contributed by atoms with van der Waals surface area (Å²) in [6, 6.07) is 28.0. The summed E-state index contributed by atoms with van der Waals surface area (Å²) in [7, 11) is 1.92. The number of amides is 3. The summed E-state index contributed by atoms with van der Waals surface area (Å²) in [5.74, 6) is -0.192. The predicted octanol–water partition coefficient (Wildman–Crippen LogP) is 9.58. The molecule has 4 aliphatic heterocycles. The lowest BCUT2D eigenvalue weighted by atomic mass is 9.80. The number of hydrogen-bond acceptors (Lipinski definition) is 13. The van der Waals surface area contributed by atoms with Crippen LogP contribution < -0.4 is 25.2 Å². The van der Waals surface area contributed by atoms with Gasteiger partial charge in [-0.15, -0.1) is 0 Å². The summed E-state index contributed by atoms with van der Waals surface area (Å²) in [4.78, 5) is 70.9. The molecule has 0 bridgehead atoms. The predicted molar refractivity (Wildman–Crippen MR) is 307 cm³/mol. The number of aromatic carboxylic acids is 1. The highest BCUT2D eigenvalue weighted by Crippen LogP contribution is 2.42. The third-order valence-corrected chi connectivity index (χ3v) is 17.4. The van der Waals surface area contributed by atoms with Crippen molar-refractivity contribution < 1.29 is 29.0 Å². The summed E-state index contributed by atoms with van der Waals surface area (Å²) in [5, 5.41) is 22.6. The number of anilines is 3. The van der Waals surface area contributed by atoms with Crippen LogP contribution in [-0.4, -0.2) is 124 Å². The first-order valence-corrected chi connectivity index (χ1v) is 28.5. The second-order valence-corrected chi connectivity index (χ2v) is 23.7. The van der Waals surface area contributed by atoms with Gasteiger partial charge in [-0.3, -0.25) is 34.6 Å². The summed E-state index contributed by atoms with van der Waals surface area (Å²) >= 11 is 1.44. The monoisotopic (exact) mass is 1070 g/mol. The Morgan fingerprint density at radius 3 is 2.41 bits per heavy atom. The number of ether oxygens (including phenoxy) is 1. The van der Waals surface area contributed by atoms with E-state index in [0.717, 1.165) is 126 Å². The fourth-order valence-electron chi connectivity index (χ4n) is 12.1. The van der Waals surface area contributed by atoms with Crippen molar-refractivity contribution in [2.75, 3.05) is 80.6 Å². The highest BCUT2D eigenvalue weighted by Gasteiger charge is 2.34. The van der Waals surface area contributed by atoms with E-state index < -0.39 is 17.3 Å². The van der Waals surface area contributed by atoms with Crippen molar-refractivity contribution in [1.29, 1.82) is 0 Å². The SMILES string of the molecule is Cc1c(OCCCCN2CCC(CN3CCN(c4ccc5c(C6CCC(=O)NC6=O)nn(C)c5c4)CC3)CC2)cccc1-c1c(C(C)(C)C)cc(N2CCc3cccc(C(=O)Nc4nc5ccccc5s4)c3C2)nc1C(=O)O. The molecule has 17 heteroatoms. The van der Waals surface area contributed by atoms with Crippen LogP contribution in [0.2, 0.25) is 0 Å². The van der Waals surface area contributed by atoms with Crippen molar-refractivity contribution in [2.24, 2.45) is 13.0 Å². The summed E-state index contributed by atoms with van der Waals surface area (Å²) in [5.41, 5.74) is 9.04. The van der Waals surface area contributed by atoms with E-state index >= 15 is 0 Å². The number of likely N-dealkylation sites (tertiary alicyclic amines) is 1. The van der Waals surface area contributed by atoms with Crippen LogP contribution in [0, 0.1) is 12.8 Å².